The van der Waals surface area contributed by atoms with Gasteiger partial charge in [-0.1, -0.05) is 48.5 Å². The topological polar surface area (TPSA) is 40.6 Å². The van der Waals surface area contributed by atoms with Gasteiger partial charge >= 0.3 is 0 Å². The van der Waals surface area contributed by atoms with E-state index in [9.17, 15) is 9.59 Å². The van der Waals surface area contributed by atoms with Gasteiger partial charge in [0.1, 0.15) is 5.41 Å². The van der Waals surface area contributed by atoms with E-state index in [2.05, 4.69) is 24.3 Å². The van der Waals surface area contributed by atoms with Crippen molar-refractivity contribution in [3.63, 3.8) is 0 Å². The highest BCUT2D eigenvalue weighted by atomic mass is 16.2. The van der Waals surface area contributed by atoms with Crippen molar-refractivity contribution in [3.05, 3.63) is 70.8 Å². The molecule has 0 spiro atoms. The minimum absolute atomic E-state index is 0.0686. The standard InChI is InChI=1S/C23H26N2O2/c1-23(2,21(26)24-13-11-17-7-3-5-9-19(17)15-24)22(27)25-14-12-18-8-4-6-10-20(18)16-25/h3-10H,11-16H2,1-2H3. The summed E-state index contributed by atoms with van der Waals surface area (Å²) < 4.78 is 0. The van der Waals surface area contributed by atoms with Gasteiger partial charge in [0.25, 0.3) is 0 Å². The first-order valence-corrected chi connectivity index (χ1v) is 9.69. The largest absolute Gasteiger partial charge is 0.337 e. The molecule has 0 N–H and O–H groups in total. The van der Waals surface area contributed by atoms with Crippen molar-refractivity contribution in [1.82, 2.24) is 9.80 Å². The monoisotopic (exact) mass is 362 g/mol. The Morgan fingerprint density at radius 2 is 1.07 bits per heavy atom. The lowest BCUT2D eigenvalue weighted by Crippen LogP contribution is -2.52. The maximum atomic E-state index is 13.2. The Hall–Kier alpha value is -2.62. The fourth-order valence-corrected chi connectivity index (χ4v) is 4.22. The Labute approximate surface area is 160 Å². The van der Waals surface area contributed by atoms with Crippen LogP contribution in [0.25, 0.3) is 0 Å². The molecule has 0 unspecified atom stereocenters. The van der Waals surface area contributed by atoms with E-state index in [1.54, 1.807) is 13.8 Å². The van der Waals surface area contributed by atoms with Crippen molar-refractivity contribution in [2.24, 2.45) is 5.41 Å². The predicted octanol–water partition coefficient (Wildman–Crippen LogP) is 3.18. The number of carbonyl (C=O) groups is 2. The van der Waals surface area contributed by atoms with Crippen molar-refractivity contribution in [1.29, 1.82) is 0 Å². The average molecular weight is 362 g/mol. The van der Waals surface area contributed by atoms with Gasteiger partial charge in [0.05, 0.1) is 0 Å². The van der Waals surface area contributed by atoms with Gasteiger partial charge in [-0.05, 0) is 48.9 Å². The summed E-state index contributed by atoms with van der Waals surface area (Å²) in [5.74, 6) is -0.137. The number of benzene rings is 2. The van der Waals surface area contributed by atoms with Crippen molar-refractivity contribution in [3.8, 4) is 0 Å². The number of hydrogen-bond donors (Lipinski definition) is 0. The molecule has 0 saturated carbocycles. The molecule has 2 aromatic rings. The highest BCUT2D eigenvalue weighted by Gasteiger charge is 2.42. The molecule has 4 nitrogen and oxygen atoms in total. The van der Waals surface area contributed by atoms with E-state index in [1.165, 1.54) is 22.3 Å². The van der Waals surface area contributed by atoms with E-state index in [4.69, 9.17) is 0 Å². The lowest BCUT2D eigenvalue weighted by molar-refractivity contribution is -0.155. The van der Waals surface area contributed by atoms with E-state index in [-0.39, 0.29) is 11.8 Å². The molecule has 2 aromatic carbocycles. The summed E-state index contributed by atoms with van der Waals surface area (Å²) >= 11 is 0. The molecule has 0 bridgehead atoms. The van der Waals surface area contributed by atoms with E-state index in [1.807, 2.05) is 34.1 Å². The Bertz CT molecular complexity index is 816. The SMILES string of the molecule is CC(C)(C(=O)N1CCc2ccccc2C1)C(=O)N1CCc2ccccc2C1. The lowest BCUT2D eigenvalue weighted by atomic mass is 9.87. The van der Waals surface area contributed by atoms with Crippen LogP contribution in [0.4, 0.5) is 0 Å². The van der Waals surface area contributed by atoms with Crippen LogP contribution in [-0.4, -0.2) is 34.7 Å². The van der Waals surface area contributed by atoms with Gasteiger partial charge in [-0.3, -0.25) is 9.59 Å². The third kappa shape index (κ3) is 3.25. The molecule has 4 rings (SSSR count). The van der Waals surface area contributed by atoms with Gasteiger partial charge in [-0.25, -0.2) is 0 Å². The van der Waals surface area contributed by atoms with Crippen molar-refractivity contribution < 1.29 is 9.59 Å². The molecule has 0 radical (unpaired) electrons. The zero-order valence-corrected chi connectivity index (χ0v) is 16.1. The highest BCUT2D eigenvalue weighted by Crippen LogP contribution is 2.29. The first kappa shape index (κ1) is 17.8. The first-order chi connectivity index (χ1) is 13.0. The number of hydrogen-bond acceptors (Lipinski definition) is 2. The number of nitrogens with zero attached hydrogens (tertiary/aromatic N) is 2. The highest BCUT2D eigenvalue weighted by molar-refractivity contribution is 6.04. The van der Waals surface area contributed by atoms with E-state index >= 15 is 0 Å². The van der Waals surface area contributed by atoms with Crippen LogP contribution in [0.5, 0.6) is 0 Å². The minimum atomic E-state index is -1.04. The van der Waals surface area contributed by atoms with Gasteiger partial charge in [0, 0.05) is 26.2 Å². The molecule has 0 fully saturated rings. The van der Waals surface area contributed by atoms with Gasteiger partial charge in [-0.2, -0.15) is 0 Å². The molecule has 2 aliphatic heterocycles. The number of amides is 2. The maximum Gasteiger partial charge on any atom is 0.238 e. The van der Waals surface area contributed by atoms with Crippen LogP contribution in [0.3, 0.4) is 0 Å². The predicted molar refractivity (Wildman–Crippen MR) is 105 cm³/mol. The zero-order chi connectivity index (χ0) is 19.0. The zero-order valence-electron chi connectivity index (χ0n) is 16.1. The summed E-state index contributed by atoms with van der Waals surface area (Å²) in [7, 11) is 0. The second-order valence-electron chi connectivity index (χ2n) is 8.12. The fraction of sp³-hybridized carbons (Fsp3) is 0.391. The molecular formula is C23H26N2O2. The third-order valence-electron chi connectivity index (χ3n) is 5.91. The van der Waals surface area contributed by atoms with Gasteiger partial charge in [-0.15, -0.1) is 0 Å². The second kappa shape index (κ2) is 6.84. The summed E-state index contributed by atoms with van der Waals surface area (Å²) in [5.41, 5.74) is 3.94. The van der Waals surface area contributed by atoms with Gasteiger partial charge < -0.3 is 9.80 Å². The molecule has 2 amide bonds. The molecule has 140 valence electrons. The van der Waals surface area contributed by atoms with Crippen LogP contribution in [0.1, 0.15) is 36.1 Å². The Kier molecular flexibility index (Phi) is 4.50. The van der Waals surface area contributed by atoms with E-state index in [0.29, 0.717) is 26.2 Å². The summed E-state index contributed by atoms with van der Waals surface area (Å²) in [5, 5.41) is 0. The van der Waals surface area contributed by atoms with Crippen molar-refractivity contribution in [2.75, 3.05) is 13.1 Å². The maximum absolute atomic E-state index is 13.2. The van der Waals surface area contributed by atoms with Crippen LogP contribution < -0.4 is 0 Å². The second-order valence-corrected chi connectivity index (χ2v) is 8.12. The lowest BCUT2D eigenvalue weighted by Gasteiger charge is -2.38. The summed E-state index contributed by atoms with van der Waals surface area (Å²) in [4.78, 5) is 30.2. The molecule has 0 aromatic heterocycles. The molecule has 0 saturated heterocycles. The first-order valence-electron chi connectivity index (χ1n) is 9.69. The number of carbonyl (C=O) groups excluding carboxylic acids is 2. The van der Waals surface area contributed by atoms with Crippen LogP contribution in [-0.2, 0) is 35.5 Å². The molecule has 2 heterocycles. The summed E-state index contributed by atoms with van der Waals surface area (Å²) in [6, 6.07) is 16.5. The van der Waals surface area contributed by atoms with Crippen LogP contribution in [0, 0.1) is 5.41 Å². The quantitative estimate of drug-likeness (QED) is 0.770. The van der Waals surface area contributed by atoms with Crippen LogP contribution in [0.15, 0.2) is 48.5 Å². The minimum Gasteiger partial charge on any atom is -0.337 e. The summed E-state index contributed by atoms with van der Waals surface area (Å²) in [6.07, 6.45) is 1.70. The molecule has 0 aliphatic carbocycles. The molecule has 27 heavy (non-hydrogen) atoms. The van der Waals surface area contributed by atoms with Crippen molar-refractivity contribution >= 4 is 11.8 Å². The number of fused-ring (bicyclic) bond motifs is 2. The summed E-state index contributed by atoms with van der Waals surface area (Å²) in [6.45, 7) is 6.09. The Morgan fingerprint density at radius 3 is 1.48 bits per heavy atom. The average Bonchev–Trinajstić information content (AvgIpc) is 2.71. The molecule has 4 heteroatoms. The van der Waals surface area contributed by atoms with Crippen molar-refractivity contribution in [2.45, 2.75) is 39.8 Å². The van der Waals surface area contributed by atoms with E-state index in [0.717, 1.165) is 12.8 Å². The van der Waals surface area contributed by atoms with E-state index < -0.39 is 5.41 Å². The third-order valence-corrected chi connectivity index (χ3v) is 5.91. The van der Waals surface area contributed by atoms with Crippen LogP contribution >= 0.6 is 0 Å². The molecule has 2 aliphatic rings. The van der Waals surface area contributed by atoms with Gasteiger partial charge in [0.15, 0.2) is 0 Å². The molecule has 0 atom stereocenters. The fourth-order valence-electron chi connectivity index (χ4n) is 4.22. The normalized spacial score (nSPS) is 16.5. The smallest absolute Gasteiger partial charge is 0.238 e. The Morgan fingerprint density at radius 1 is 0.704 bits per heavy atom. The Balaban J connectivity index is 1.49. The van der Waals surface area contributed by atoms with Crippen LogP contribution in [0.2, 0.25) is 0 Å². The number of rotatable bonds is 2. The molecular weight excluding hydrogens is 336 g/mol. The van der Waals surface area contributed by atoms with Gasteiger partial charge in [0.2, 0.25) is 11.8 Å².